The molecule has 0 aliphatic rings. The van der Waals surface area contributed by atoms with Crippen LogP contribution in [0.1, 0.15) is 28.5 Å². The van der Waals surface area contributed by atoms with Crippen LogP contribution < -0.4 is 5.73 Å². The molecule has 2 aromatic carbocycles. The molecule has 0 radical (unpaired) electrons. The monoisotopic (exact) mass is 287 g/mol. The third kappa shape index (κ3) is 2.21. The van der Waals surface area contributed by atoms with Crippen molar-refractivity contribution >= 4 is 11.0 Å². The van der Waals surface area contributed by atoms with E-state index in [4.69, 9.17) is 10.2 Å². The van der Waals surface area contributed by atoms with Crippen LogP contribution in [-0.4, -0.2) is 0 Å². The molecule has 0 spiro atoms. The SMILES string of the molecule is Cc1ccc(F)c(C(N)c2cc3cccc(C)c3o2)c1F. The fraction of sp³-hybridized carbons (Fsp3) is 0.176. The minimum atomic E-state index is -0.975. The molecule has 2 N–H and O–H groups in total. The van der Waals surface area contributed by atoms with E-state index in [1.54, 1.807) is 13.0 Å². The Balaban J connectivity index is 2.15. The molecular weight excluding hydrogens is 272 g/mol. The molecule has 1 heterocycles. The average molecular weight is 287 g/mol. The first-order valence-corrected chi connectivity index (χ1v) is 6.68. The average Bonchev–Trinajstić information content (AvgIpc) is 2.89. The number of para-hydroxylation sites is 1. The summed E-state index contributed by atoms with van der Waals surface area (Å²) in [6.07, 6.45) is 0. The maximum atomic E-state index is 14.2. The van der Waals surface area contributed by atoms with E-state index >= 15 is 0 Å². The van der Waals surface area contributed by atoms with Crippen molar-refractivity contribution in [2.24, 2.45) is 5.73 Å². The Bertz CT molecular complexity index is 823. The molecule has 2 nitrogen and oxygen atoms in total. The van der Waals surface area contributed by atoms with Crippen molar-refractivity contribution in [3.8, 4) is 0 Å². The minimum Gasteiger partial charge on any atom is -0.459 e. The van der Waals surface area contributed by atoms with E-state index in [0.717, 1.165) is 10.9 Å². The molecule has 1 unspecified atom stereocenters. The number of nitrogens with two attached hydrogens (primary N) is 1. The Morgan fingerprint density at radius 3 is 2.52 bits per heavy atom. The highest BCUT2D eigenvalue weighted by Crippen LogP contribution is 2.31. The highest BCUT2D eigenvalue weighted by atomic mass is 19.1. The molecule has 0 saturated carbocycles. The first-order chi connectivity index (χ1) is 9.99. The summed E-state index contributed by atoms with van der Waals surface area (Å²) < 4.78 is 33.8. The molecule has 0 saturated heterocycles. The molecule has 21 heavy (non-hydrogen) atoms. The Morgan fingerprint density at radius 2 is 1.81 bits per heavy atom. The lowest BCUT2D eigenvalue weighted by atomic mass is 10.0. The van der Waals surface area contributed by atoms with Crippen LogP contribution >= 0.6 is 0 Å². The van der Waals surface area contributed by atoms with Crippen molar-refractivity contribution in [1.29, 1.82) is 0 Å². The van der Waals surface area contributed by atoms with E-state index in [2.05, 4.69) is 0 Å². The van der Waals surface area contributed by atoms with E-state index in [1.807, 2.05) is 25.1 Å². The quantitative estimate of drug-likeness (QED) is 0.760. The molecule has 1 atom stereocenters. The lowest BCUT2D eigenvalue weighted by Gasteiger charge is -2.12. The molecule has 0 aliphatic carbocycles. The first-order valence-electron chi connectivity index (χ1n) is 6.68. The van der Waals surface area contributed by atoms with Gasteiger partial charge in [-0.25, -0.2) is 8.78 Å². The zero-order valence-corrected chi connectivity index (χ0v) is 11.8. The second-order valence-electron chi connectivity index (χ2n) is 5.21. The number of fused-ring (bicyclic) bond motifs is 1. The third-order valence-electron chi connectivity index (χ3n) is 3.70. The van der Waals surface area contributed by atoms with Crippen LogP contribution in [0.2, 0.25) is 0 Å². The minimum absolute atomic E-state index is 0.160. The predicted octanol–water partition coefficient (Wildman–Crippen LogP) is 4.38. The molecule has 3 rings (SSSR count). The number of aryl methyl sites for hydroxylation is 2. The molecule has 0 fully saturated rings. The predicted molar refractivity (Wildman–Crippen MR) is 78.1 cm³/mol. The van der Waals surface area contributed by atoms with Crippen LogP contribution in [0.5, 0.6) is 0 Å². The van der Waals surface area contributed by atoms with Crippen LogP contribution in [0.15, 0.2) is 40.8 Å². The Hall–Kier alpha value is -2.20. The van der Waals surface area contributed by atoms with Crippen LogP contribution in [0.25, 0.3) is 11.0 Å². The second-order valence-corrected chi connectivity index (χ2v) is 5.21. The van der Waals surface area contributed by atoms with E-state index in [1.165, 1.54) is 12.1 Å². The number of hydrogen-bond acceptors (Lipinski definition) is 2. The summed E-state index contributed by atoms with van der Waals surface area (Å²) in [5.41, 5.74) is 7.87. The van der Waals surface area contributed by atoms with Gasteiger partial charge in [0.2, 0.25) is 0 Å². The van der Waals surface area contributed by atoms with Crippen LogP contribution in [0, 0.1) is 25.5 Å². The van der Waals surface area contributed by atoms with Crippen molar-refractivity contribution in [3.63, 3.8) is 0 Å². The molecule has 4 heteroatoms. The van der Waals surface area contributed by atoms with Crippen molar-refractivity contribution in [1.82, 2.24) is 0 Å². The van der Waals surface area contributed by atoms with Gasteiger partial charge in [0.1, 0.15) is 23.0 Å². The summed E-state index contributed by atoms with van der Waals surface area (Å²) in [6.45, 7) is 3.49. The smallest absolute Gasteiger partial charge is 0.137 e. The van der Waals surface area contributed by atoms with Crippen molar-refractivity contribution in [2.75, 3.05) is 0 Å². The molecule has 0 amide bonds. The summed E-state index contributed by atoms with van der Waals surface area (Å²) >= 11 is 0. The standard InChI is InChI=1S/C17H15F2NO/c1-9-6-7-12(18)14(15(9)19)16(20)13-8-11-5-3-4-10(2)17(11)21-13/h3-8,16H,20H2,1-2H3. The summed E-state index contributed by atoms with van der Waals surface area (Å²) in [5, 5.41) is 0.869. The van der Waals surface area contributed by atoms with Gasteiger partial charge in [-0.1, -0.05) is 24.3 Å². The molecule has 108 valence electrons. The molecule has 0 aliphatic heterocycles. The maximum Gasteiger partial charge on any atom is 0.137 e. The van der Waals surface area contributed by atoms with Gasteiger partial charge < -0.3 is 10.2 Å². The molecule has 0 bridgehead atoms. The van der Waals surface area contributed by atoms with Gasteiger partial charge in [0.15, 0.2) is 0 Å². The summed E-state index contributed by atoms with van der Waals surface area (Å²) in [5.74, 6) is -0.940. The summed E-state index contributed by atoms with van der Waals surface area (Å²) in [7, 11) is 0. The Labute approximate surface area is 121 Å². The maximum absolute atomic E-state index is 14.2. The first kappa shape index (κ1) is 13.8. The number of rotatable bonds is 2. The van der Waals surface area contributed by atoms with Crippen molar-refractivity contribution < 1.29 is 13.2 Å². The van der Waals surface area contributed by atoms with Gasteiger partial charge in [0.25, 0.3) is 0 Å². The largest absolute Gasteiger partial charge is 0.459 e. The van der Waals surface area contributed by atoms with E-state index < -0.39 is 17.7 Å². The number of furan rings is 1. The number of benzene rings is 2. The zero-order valence-electron chi connectivity index (χ0n) is 11.8. The zero-order chi connectivity index (χ0) is 15.1. The van der Waals surface area contributed by atoms with Crippen LogP contribution in [0.4, 0.5) is 8.78 Å². The van der Waals surface area contributed by atoms with Crippen molar-refractivity contribution in [2.45, 2.75) is 19.9 Å². The molecular formula is C17H15F2NO. The lowest BCUT2D eigenvalue weighted by Crippen LogP contribution is -2.15. The number of hydrogen-bond donors (Lipinski definition) is 1. The lowest BCUT2D eigenvalue weighted by molar-refractivity contribution is 0.485. The van der Waals surface area contributed by atoms with Gasteiger partial charge in [-0.05, 0) is 37.1 Å². The van der Waals surface area contributed by atoms with Gasteiger partial charge in [-0.3, -0.25) is 0 Å². The molecule has 1 aromatic heterocycles. The fourth-order valence-electron chi connectivity index (χ4n) is 2.49. The third-order valence-corrected chi connectivity index (χ3v) is 3.70. The van der Waals surface area contributed by atoms with Gasteiger partial charge in [-0.15, -0.1) is 0 Å². The van der Waals surface area contributed by atoms with E-state index in [9.17, 15) is 8.78 Å². The van der Waals surface area contributed by atoms with E-state index in [0.29, 0.717) is 16.9 Å². The van der Waals surface area contributed by atoms with Gasteiger partial charge in [0, 0.05) is 10.9 Å². The Kier molecular flexibility index (Phi) is 3.26. The Morgan fingerprint density at radius 1 is 1.05 bits per heavy atom. The van der Waals surface area contributed by atoms with Gasteiger partial charge >= 0.3 is 0 Å². The van der Waals surface area contributed by atoms with Gasteiger partial charge in [-0.2, -0.15) is 0 Å². The number of halogens is 2. The van der Waals surface area contributed by atoms with Crippen LogP contribution in [-0.2, 0) is 0 Å². The fourth-order valence-corrected chi connectivity index (χ4v) is 2.49. The van der Waals surface area contributed by atoms with Crippen molar-refractivity contribution in [3.05, 3.63) is 70.5 Å². The molecule has 3 aromatic rings. The second kappa shape index (κ2) is 4.97. The highest BCUT2D eigenvalue weighted by molar-refractivity contribution is 5.81. The normalized spacial score (nSPS) is 12.8. The van der Waals surface area contributed by atoms with E-state index in [-0.39, 0.29) is 5.56 Å². The highest BCUT2D eigenvalue weighted by Gasteiger charge is 2.23. The van der Waals surface area contributed by atoms with Gasteiger partial charge in [0.05, 0.1) is 6.04 Å². The summed E-state index contributed by atoms with van der Waals surface area (Å²) in [6, 6.07) is 9.06. The van der Waals surface area contributed by atoms with Crippen LogP contribution in [0.3, 0.4) is 0 Å². The topological polar surface area (TPSA) is 39.2 Å². The summed E-state index contributed by atoms with van der Waals surface area (Å²) in [4.78, 5) is 0.